The molecule has 0 aliphatic heterocycles. The van der Waals surface area contributed by atoms with Crippen molar-refractivity contribution in [2.24, 2.45) is 0 Å². The van der Waals surface area contributed by atoms with Crippen LogP contribution >= 0.6 is 0 Å². The van der Waals surface area contributed by atoms with Crippen molar-refractivity contribution in [3.05, 3.63) is 75.9 Å². The molecule has 1 amide bonds. The maximum absolute atomic E-state index is 14.1. The average Bonchev–Trinajstić information content (AvgIpc) is 2.89. The molecule has 2 aliphatic rings. The molecule has 182 valence electrons. The van der Waals surface area contributed by atoms with Gasteiger partial charge in [-0.25, -0.2) is 31.9 Å². The minimum Gasteiger partial charge on any atom is -0.309 e. The van der Waals surface area contributed by atoms with E-state index >= 15 is 0 Å². The molecule has 1 fully saturated rings. The van der Waals surface area contributed by atoms with Crippen molar-refractivity contribution in [2.75, 3.05) is 5.32 Å². The zero-order chi connectivity index (χ0) is 24.7. The van der Waals surface area contributed by atoms with Gasteiger partial charge in [-0.3, -0.25) is 4.79 Å². The SMILES string of the molecule is O=C(Cc1c(F)c(F)c(F)c(F)c1F)Nc1nc2c(nc1C1CCCCC1)-c1ccccc1CC2. The monoisotopic (exact) mass is 487 g/mol. The number of anilines is 1. The van der Waals surface area contributed by atoms with Crippen molar-refractivity contribution in [3.8, 4) is 11.3 Å². The number of rotatable bonds is 4. The quantitative estimate of drug-likeness (QED) is 0.272. The molecular weight excluding hydrogens is 465 g/mol. The van der Waals surface area contributed by atoms with Gasteiger partial charge in [-0.1, -0.05) is 43.5 Å². The highest BCUT2D eigenvalue weighted by Crippen LogP contribution is 2.39. The van der Waals surface area contributed by atoms with Crippen LogP contribution in [0.2, 0.25) is 0 Å². The van der Waals surface area contributed by atoms with Gasteiger partial charge in [0.2, 0.25) is 11.7 Å². The van der Waals surface area contributed by atoms with Gasteiger partial charge in [-0.2, -0.15) is 0 Å². The molecule has 1 heterocycles. The third-order valence-electron chi connectivity index (χ3n) is 6.79. The van der Waals surface area contributed by atoms with E-state index in [1.165, 1.54) is 0 Å². The Morgan fingerprint density at radius 3 is 2.23 bits per heavy atom. The largest absolute Gasteiger partial charge is 0.309 e. The highest BCUT2D eigenvalue weighted by molar-refractivity contribution is 5.92. The van der Waals surface area contributed by atoms with Crippen LogP contribution in [0.4, 0.5) is 27.8 Å². The molecule has 2 aromatic carbocycles. The number of amides is 1. The van der Waals surface area contributed by atoms with Crippen molar-refractivity contribution < 1.29 is 26.7 Å². The second-order valence-corrected chi connectivity index (χ2v) is 9.02. The molecule has 1 saturated carbocycles. The lowest BCUT2D eigenvalue weighted by Gasteiger charge is -2.26. The summed E-state index contributed by atoms with van der Waals surface area (Å²) in [7, 11) is 0. The first-order valence-electron chi connectivity index (χ1n) is 11.6. The van der Waals surface area contributed by atoms with Crippen LogP contribution in [-0.4, -0.2) is 15.9 Å². The predicted octanol–water partition coefficient (Wildman–Crippen LogP) is 6.17. The Morgan fingerprint density at radius 2 is 1.51 bits per heavy atom. The van der Waals surface area contributed by atoms with E-state index in [9.17, 15) is 26.7 Å². The Balaban J connectivity index is 1.51. The molecule has 2 aliphatic carbocycles. The van der Waals surface area contributed by atoms with Gasteiger partial charge in [0.1, 0.15) is 0 Å². The van der Waals surface area contributed by atoms with Gasteiger partial charge in [-0.15, -0.1) is 0 Å². The molecule has 3 aromatic rings. The highest BCUT2D eigenvalue weighted by Gasteiger charge is 2.29. The summed E-state index contributed by atoms with van der Waals surface area (Å²) >= 11 is 0. The second-order valence-electron chi connectivity index (χ2n) is 9.02. The maximum atomic E-state index is 14.1. The molecule has 1 N–H and O–H groups in total. The second kappa shape index (κ2) is 9.36. The number of carbonyl (C=O) groups excluding carboxylic acids is 1. The van der Waals surface area contributed by atoms with E-state index in [1.54, 1.807) is 0 Å². The standard InChI is InChI=1S/C26H22F5N3O/c27-19-16(20(28)22(30)23(31)21(19)29)12-18(35)33-26-24(14-7-2-1-3-8-14)34-25-15-9-5-4-6-13(15)10-11-17(25)32-26/h4-6,9,14H,1-3,7-8,10-12H2,(H,32,33,35). The van der Waals surface area contributed by atoms with Crippen LogP contribution in [-0.2, 0) is 24.1 Å². The van der Waals surface area contributed by atoms with Crippen molar-refractivity contribution in [3.63, 3.8) is 0 Å². The number of carbonyl (C=O) groups is 1. The van der Waals surface area contributed by atoms with Gasteiger partial charge in [0, 0.05) is 17.0 Å². The number of nitrogens with one attached hydrogen (secondary N) is 1. The molecule has 0 spiro atoms. The highest BCUT2D eigenvalue weighted by atomic mass is 19.2. The van der Waals surface area contributed by atoms with E-state index in [2.05, 4.69) is 10.3 Å². The number of aromatic nitrogens is 2. The van der Waals surface area contributed by atoms with Gasteiger partial charge in [0.15, 0.2) is 29.1 Å². The summed E-state index contributed by atoms with van der Waals surface area (Å²) in [6.07, 6.45) is 5.13. The van der Waals surface area contributed by atoms with Crippen LogP contribution in [0.3, 0.4) is 0 Å². The molecule has 0 radical (unpaired) electrons. The summed E-state index contributed by atoms with van der Waals surface area (Å²) in [6.45, 7) is 0. The molecule has 0 saturated heterocycles. The number of halogens is 5. The van der Waals surface area contributed by atoms with E-state index in [1.807, 2.05) is 24.3 Å². The lowest BCUT2D eigenvalue weighted by atomic mass is 9.85. The average molecular weight is 487 g/mol. The number of aryl methyl sites for hydroxylation is 2. The van der Waals surface area contributed by atoms with Crippen molar-refractivity contribution in [1.29, 1.82) is 0 Å². The van der Waals surface area contributed by atoms with Crippen molar-refractivity contribution >= 4 is 11.7 Å². The summed E-state index contributed by atoms with van der Waals surface area (Å²) in [4.78, 5) is 22.3. The van der Waals surface area contributed by atoms with Crippen molar-refractivity contribution in [1.82, 2.24) is 9.97 Å². The first-order valence-corrected chi connectivity index (χ1v) is 11.6. The first-order chi connectivity index (χ1) is 16.8. The molecule has 0 bridgehead atoms. The van der Waals surface area contributed by atoms with Gasteiger partial charge < -0.3 is 5.32 Å². The van der Waals surface area contributed by atoms with Crippen LogP contribution in [0, 0.1) is 29.1 Å². The maximum Gasteiger partial charge on any atom is 0.230 e. The molecular formula is C26H22F5N3O. The van der Waals surface area contributed by atoms with Gasteiger partial charge in [-0.05, 0) is 31.2 Å². The van der Waals surface area contributed by atoms with E-state index in [4.69, 9.17) is 4.98 Å². The molecule has 0 unspecified atom stereocenters. The topological polar surface area (TPSA) is 54.9 Å². The van der Waals surface area contributed by atoms with E-state index in [0.717, 1.165) is 55.3 Å². The fourth-order valence-corrected chi connectivity index (χ4v) is 4.99. The lowest BCUT2D eigenvalue weighted by molar-refractivity contribution is -0.115. The van der Waals surface area contributed by atoms with Crippen LogP contribution in [0.25, 0.3) is 11.3 Å². The number of hydrogen-bond acceptors (Lipinski definition) is 3. The summed E-state index contributed by atoms with van der Waals surface area (Å²) in [5, 5.41) is 2.55. The van der Waals surface area contributed by atoms with E-state index < -0.39 is 47.0 Å². The lowest BCUT2D eigenvalue weighted by Crippen LogP contribution is -2.23. The van der Waals surface area contributed by atoms with Gasteiger partial charge >= 0.3 is 0 Å². The summed E-state index contributed by atoms with van der Waals surface area (Å²) in [6, 6.07) is 7.91. The normalized spacial score (nSPS) is 15.5. The van der Waals surface area contributed by atoms with E-state index in [-0.39, 0.29) is 11.7 Å². The molecule has 5 rings (SSSR count). The summed E-state index contributed by atoms with van der Waals surface area (Å²) in [5.41, 5.74) is 2.99. The first kappa shape index (κ1) is 23.4. The van der Waals surface area contributed by atoms with Crippen molar-refractivity contribution in [2.45, 2.75) is 57.3 Å². The Bertz CT molecular complexity index is 1290. The van der Waals surface area contributed by atoms with Crippen LogP contribution in [0.1, 0.15) is 60.5 Å². The zero-order valence-electron chi connectivity index (χ0n) is 18.7. The van der Waals surface area contributed by atoms with Crippen LogP contribution < -0.4 is 5.32 Å². The Labute approximate surface area is 198 Å². The minimum atomic E-state index is -2.26. The molecule has 9 heteroatoms. The summed E-state index contributed by atoms with van der Waals surface area (Å²) < 4.78 is 68.7. The van der Waals surface area contributed by atoms with Crippen LogP contribution in [0.5, 0.6) is 0 Å². The van der Waals surface area contributed by atoms with Gasteiger partial charge in [0.25, 0.3) is 0 Å². The third kappa shape index (κ3) is 4.28. The van der Waals surface area contributed by atoms with Crippen LogP contribution in [0.15, 0.2) is 24.3 Å². The Morgan fingerprint density at radius 1 is 0.857 bits per heavy atom. The zero-order valence-corrected chi connectivity index (χ0v) is 18.7. The Hall–Kier alpha value is -3.36. The number of hydrogen-bond donors (Lipinski definition) is 1. The number of nitrogens with zero attached hydrogens (tertiary/aromatic N) is 2. The minimum absolute atomic E-state index is 0.0418. The smallest absolute Gasteiger partial charge is 0.230 e. The molecule has 1 aromatic heterocycles. The number of benzene rings is 2. The molecule has 4 nitrogen and oxygen atoms in total. The number of fused-ring (bicyclic) bond motifs is 3. The Kier molecular flexibility index (Phi) is 6.25. The van der Waals surface area contributed by atoms with E-state index in [0.29, 0.717) is 17.8 Å². The third-order valence-corrected chi connectivity index (χ3v) is 6.79. The molecule has 35 heavy (non-hydrogen) atoms. The van der Waals surface area contributed by atoms with Gasteiger partial charge in [0.05, 0.1) is 23.5 Å². The summed E-state index contributed by atoms with van der Waals surface area (Å²) in [5.74, 6) is -11.2. The fourth-order valence-electron chi connectivity index (χ4n) is 4.99. The molecule has 0 atom stereocenters. The fraction of sp³-hybridized carbons (Fsp3) is 0.346. The predicted molar refractivity (Wildman–Crippen MR) is 119 cm³/mol.